The van der Waals surface area contributed by atoms with Gasteiger partial charge in [-0.25, -0.2) is 8.42 Å². The molecular weight excluding hydrogens is 314 g/mol. The smallest absolute Gasteiger partial charge is 0.271 e. The lowest BCUT2D eigenvalue weighted by atomic mass is 9.97. The molecule has 2 aromatic rings. The zero-order valence-electron chi connectivity index (χ0n) is 11.3. The molecule has 1 aromatic carbocycles. The minimum atomic E-state index is -3.57. The molecule has 0 aliphatic rings. The van der Waals surface area contributed by atoms with E-state index in [0.29, 0.717) is 15.9 Å². The van der Waals surface area contributed by atoms with Crippen LogP contribution in [-0.4, -0.2) is 8.42 Å². The van der Waals surface area contributed by atoms with E-state index in [0.717, 1.165) is 23.3 Å². The Morgan fingerprint density at radius 3 is 2.55 bits per heavy atom. The summed E-state index contributed by atoms with van der Waals surface area (Å²) in [4.78, 5) is 0. The molecule has 1 aromatic heterocycles. The Morgan fingerprint density at radius 2 is 1.95 bits per heavy atom. The first-order valence-electron chi connectivity index (χ1n) is 6.31. The van der Waals surface area contributed by atoms with E-state index in [4.69, 9.17) is 11.6 Å². The predicted molar refractivity (Wildman–Crippen MR) is 85.3 cm³/mol. The van der Waals surface area contributed by atoms with Crippen molar-refractivity contribution >= 4 is 38.6 Å². The summed E-state index contributed by atoms with van der Waals surface area (Å²) >= 11 is 6.85. The molecule has 1 N–H and O–H groups in total. The van der Waals surface area contributed by atoms with Crippen molar-refractivity contribution in [3.05, 3.63) is 46.3 Å². The second-order valence-corrected chi connectivity index (χ2v) is 8.18. The highest BCUT2D eigenvalue weighted by atomic mass is 35.5. The quantitative estimate of drug-likeness (QED) is 0.863. The number of anilines is 1. The maximum absolute atomic E-state index is 12.3. The molecule has 0 saturated carbocycles. The van der Waals surface area contributed by atoms with Gasteiger partial charge in [0, 0.05) is 0 Å². The van der Waals surface area contributed by atoms with E-state index in [-0.39, 0.29) is 4.21 Å². The maximum atomic E-state index is 12.3. The van der Waals surface area contributed by atoms with Crippen molar-refractivity contribution in [3.63, 3.8) is 0 Å². The van der Waals surface area contributed by atoms with E-state index in [9.17, 15) is 8.42 Å². The number of hydrogen-bond acceptors (Lipinski definition) is 3. The first kappa shape index (κ1) is 15.4. The molecule has 0 radical (unpaired) electrons. The summed E-state index contributed by atoms with van der Waals surface area (Å²) in [5, 5.41) is 0. The lowest BCUT2D eigenvalue weighted by Gasteiger charge is -2.15. The molecule has 1 heterocycles. The second kappa shape index (κ2) is 6.16. The Morgan fingerprint density at radius 1 is 1.25 bits per heavy atom. The number of hydrogen-bond donors (Lipinski definition) is 1. The van der Waals surface area contributed by atoms with Gasteiger partial charge in [0.25, 0.3) is 10.0 Å². The highest BCUT2D eigenvalue weighted by Crippen LogP contribution is 2.31. The van der Waals surface area contributed by atoms with Crippen LogP contribution in [0, 0.1) is 0 Å². The minimum absolute atomic E-state index is 0.224. The zero-order valence-corrected chi connectivity index (χ0v) is 13.6. The van der Waals surface area contributed by atoms with Crippen LogP contribution in [-0.2, 0) is 10.0 Å². The van der Waals surface area contributed by atoms with Crippen LogP contribution in [0.4, 0.5) is 5.69 Å². The molecule has 108 valence electrons. The van der Waals surface area contributed by atoms with Gasteiger partial charge in [-0.2, -0.15) is 0 Å². The van der Waals surface area contributed by atoms with Gasteiger partial charge >= 0.3 is 0 Å². The van der Waals surface area contributed by atoms with E-state index in [1.165, 1.54) is 6.07 Å². The summed E-state index contributed by atoms with van der Waals surface area (Å²) in [5.74, 6) is 0.292. The second-order valence-electron chi connectivity index (χ2n) is 4.56. The maximum Gasteiger partial charge on any atom is 0.271 e. The minimum Gasteiger partial charge on any atom is -0.279 e. The van der Waals surface area contributed by atoms with E-state index >= 15 is 0 Å². The average Bonchev–Trinajstić information content (AvgIpc) is 2.86. The van der Waals surface area contributed by atoms with Gasteiger partial charge < -0.3 is 0 Å². The van der Waals surface area contributed by atoms with Crippen molar-refractivity contribution in [1.82, 2.24) is 0 Å². The lowest BCUT2D eigenvalue weighted by Crippen LogP contribution is -2.13. The van der Waals surface area contributed by atoms with Crippen LogP contribution < -0.4 is 4.72 Å². The van der Waals surface area contributed by atoms with Crippen LogP contribution in [0.5, 0.6) is 0 Å². The Bertz CT molecular complexity index is 695. The van der Waals surface area contributed by atoms with Gasteiger partial charge in [0.15, 0.2) is 0 Å². The molecule has 6 heteroatoms. The highest BCUT2D eigenvalue weighted by molar-refractivity contribution is 7.94. The van der Waals surface area contributed by atoms with Gasteiger partial charge in [-0.05, 0) is 36.1 Å². The molecule has 0 spiro atoms. The summed E-state index contributed by atoms with van der Waals surface area (Å²) in [6.45, 7) is 4.16. The zero-order chi connectivity index (χ0) is 14.8. The van der Waals surface area contributed by atoms with Crippen molar-refractivity contribution in [3.8, 4) is 0 Å². The summed E-state index contributed by atoms with van der Waals surface area (Å²) in [7, 11) is -3.57. The summed E-state index contributed by atoms with van der Waals surface area (Å²) in [6.07, 6.45) is 0.948. The van der Waals surface area contributed by atoms with E-state index in [1.54, 1.807) is 12.1 Å². The average molecular weight is 330 g/mol. The van der Waals surface area contributed by atoms with Gasteiger partial charge in [-0.3, -0.25) is 4.72 Å². The molecular formula is C14H16ClNO2S2. The summed E-state index contributed by atoms with van der Waals surface area (Å²) in [5.41, 5.74) is 1.63. The Hall–Kier alpha value is -1.04. The molecule has 0 bridgehead atoms. The van der Waals surface area contributed by atoms with Crippen LogP contribution in [0.3, 0.4) is 0 Å². The van der Waals surface area contributed by atoms with Gasteiger partial charge in [-0.15, -0.1) is 11.3 Å². The fraction of sp³-hybridized carbons (Fsp3) is 0.286. The molecule has 20 heavy (non-hydrogen) atoms. The number of para-hydroxylation sites is 1. The topological polar surface area (TPSA) is 46.2 Å². The molecule has 0 fully saturated rings. The number of rotatable bonds is 5. The number of nitrogens with one attached hydrogen (secondary N) is 1. The first-order chi connectivity index (χ1) is 9.44. The lowest BCUT2D eigenvalue weighted by molar-refractivity contribution is 0.603. The standard InChI is InChI=1S/C14H16ClNO2S2/c1-3-10(2)11-6-4-5-7-12(11)16-20(17,18)14-9-8-13(15)19-14/h4-10,16H,3H2,1-2H3/t10-/m0/s1. The van der Waals surface area contributed by atoms with Crippen molar-refractivity contribution in [2.75, 3.05) is 4.72 Å². The molecule has 0 aliphatic heterocycles. The number of sulfonamides is 1. The Kier molecular flexibility index (Phi) is 4.73. The third-order valence-electron chi connectivity index (χ3n) is 3.16. The molecule has 1 atom stereocenters. The van der Waals surface area contributed by atoms with Crippen molar-refractivity contribution in [2.45, 2.75) is 30.4 Å². The fourth-order valence-corrected chi connectivity index (χ4v) is 4.45. The molecule has 0 saturated heterocycles. The Labute approximate surface area is 128 Å². The normalized spacial score (nSPS) is 13.2. The van der Waals surface area contributed by atoms with Crippen LogP contribution in [0.2, 0.25) is 4.34 Å². The van der Waals surface area contributed by atoms with Crippen molar-refractivity contribution in [2.24, 2.45) is 0 Å². The number of halogens is 1. The van der Waals surface area contributed by atoms with Gasteiger partial charge in [-0.1, -0.05) is 43.6 Å². The highest BCUT2D eigenvalue weighted by Gasteiger charge is 2.19. The SMILES string of the molecule is CC[C@H](C)c1ccccc1NS(=O)(=O)c1ccc(Cl)s1. The molecule has 0 unspecified atom stereocenters. The molecule has 2 rings (SSSR count). The third-order valence-corrected chi connectivity index (χ3v) is 6.25. The summed E-state index contributed by atoms with van der Waals surface area (Å²) < 4.78 is 28.0. The van der Waals surface area contributed by atoms with Gasteiger partial charge in [0.05, 0.1) is 10.0 Å². The van der Waals surface area contributed by atoms with Crippen molar-refractivity contribution < 1.29 is 8.42 Å². The van der Waals surface area contributed by atoms with Crippen LogP contribution in [0.1, 0.15) is 31.7 Å². The number of benzene rings is 1. The van der Waals surface area contributed by atoms with Crippen LogP contribution >= 0.6 is 22.9 Å². The molecule has 3 nitrogen and oxygen atoms in total. The van der Waals surface area contributed by atoms with Gasteiger partial charge in [0.1, 0.15) is 4.21 Å². The molecule has 0 amide bonds. The largest absolute Gasteiger partial charge is 0.279 e. The fourth-order valence-electron chi connectivity index (χ4n) is 1.88. The first-order valence-corrected chi connectivity index (χ1v) is 8.99. The van der Waals surface area contributed by atoms with E-state index in [2.05, 4.69) is 18.6 Å². The van der Waals surface area contributed by atoms with Crippen molar-refractivity contribution in [1.29, 1.82) is 0 Å². The van der Waals surface area contributed by atoms with Crippen LogP contribution in [0.15, 0.2) is 40.6 Å². The number of thiophene rings is 1. The Balaban J connectivity index is 2.35. The monoisotopic (exact) mass is 329 g/mol. The molecule has 0 aliphatic carbocycles. The van der Waals surface area contributed by atoms with E-state index < -0.39 is 10.0 Å². The summed E-state index contributed by atoms with van der Waals surface area (Å²) in [6, 6.07) is 10.6. The van der Waals surface area contributed by atoms with Crippen LogP contribution in [0.25, 0.3) is 0 Å². The third kappa shape index (κ3) is 3.34. The van der Waals surface area contributed by atoms with Gasteiger partial charge in [0.2, 0.25) is 0 Å². The predicted octanol–water partition coefficient (Wildman–Crippen LogP) is 4.72. The van der Waals surface area contributed by atoms with E-state index in [1.807, 2.05) is 18.2 Å².